The lowest BCUT2D eigenvalue weighted by Crippen LogP contribution is -2.47. The van der Waals surface area contributed by atoms with Gasteiger partial charge in [0, 0.05) is 13.0 Å². The van der Waals surface area contributed by atoms with Gasteiger partial charge in [-0.05, 0) is 12.8 Å². The van der Waals surface area contributed by atoms with E-state index in [0.717, 1.165) is 12.8 Å². The zero-order valence-corrected chi connectivity index (χ0v) is 7.53. The van der Waals surface area contributed by atoms with Crippen LogP contribution < -0.4 is 5.32 Å². The highest BCUT2D eigenvalue weighted by Gasteiger charge is 2.28. The number of hydrogen-bond acceptors (Lipinski definition) is 5. The van der Waals surface area contributed by atoms with E-state index in [1.165, 1.54) is 0 Å². The van der Waals surface area contributed by atoms with Gasteiger partial charge in [0.2, 0.25) is 5.89 Å². The second-order valence-electron chi connectivity index (χ2n) is 3.36. The molecule has 2 atom stereocenters. The molecule has 1 aromatic heterocycles. The fraction of sp³-hybridized carbons (Fsp3) is 0.750. The summed E-state index contributed by atoms with van der Waals surface area (Å²) in [4.78, 5) is 4.04. The largest absolute Gasteiger partial charge is 0.392 e. The predicted molar refractivity (Wildman–Crippen MR) is 44.9 cm³/mol. The molecule has 2 rings (SSSR count). The molecule has 0 aromatic carbocycles. The van der Waals surface area contributed by atoms with Crippen LogP contribution in [0, 0.1) is 6.92 Å². The number of aliphatic hydroxyl groups excluding tert-OH is 1. The molecule has 1 heterocycles. The molecule has 2 N–H and O–H groups in total. The second-order valence-corrected chi connectivity index (χ2v) is 3.36. The number of aryl methyl sites for hydroxylation is 1. The van der Waals surface area contributed by atoms with Gasteiger partial charge in [0.15, 0.2) is 5.82 Å². The molecule has 0 saturated heterocycles. The Bertz CT molecular complexity index is 287. The van der Waals surface area contributed by atoms with E-state index < -0.39 is 0 Å². The first-order valence-corrected chi connectivity index (χ1v) is 4.46. The number of rotatable bonds is 3. The van der Waals surface area contributed by atoms with Crippen molar-refractivity contribution in [2.75, 3.05) is 0 Å². The summed E-state index contributed by atoms with van der Waals surface area (Å²) in [7, 11) is 0. The fourth-order valence-electron chi connectivity index (χ4n) is 1.36. The Balaban J connectivity index is 1.79. The topological polar surface area (TPSA) is 71.2 Å². The molecule has 5 heteroatoms. The van der Waals surface area contributed by atoms with Crippen molar-refractivity contribution in [3.63, 3.8) is 0 Å². The summed E-state index contributed by atoms with van der Waals surface area (Å²) in [6.07, 6.45) is 1.72. The number of hydrogen-bond donors (Lipinski definition) is 2. The van der Waals surface area contributed by atoms with Crippen molar-refractivity contribution < 1.29 is 9.63 Å². The van der Waals surface area contributed by atoms with Gasteiger partial charge in [-0.3, -0.25) is 0 Å². The van der Waals surface area contributed by atoms with E-state index in [-0.39, 0.29) is 12.1 Å². The number of aromatic nitrogens is 2. The minimum atomic E-state index is -0.201. The van der Waals surface area contributed by atoms with Crippen molar-refractivity contribution >= 4 is 0 Å². The van der Waals surface area contributed by atoms with E-state index in [0.29, 0.717) is 18.3 Å². The first kappa shape index (κ1) is 8.65. The summed E-state index contributed by atoms with van der Waals surface area (Å²) in [6.45, 7) is 2.33. The van der Waals surface area contributed by atoms with Crippen LogP contribution in [0.25, 0.3) is 0 Å². The third kappa shape index (κ3) is 1.87. The van der Waals surface area contributed by atoms with Gasteiger partial charge in [-0.15, -0.1) is 0 Å². The average Bonchev–Trinajstić information content (AvgIpc) is 2.49. The summed E-state index contributed by atoms with van der Waals surface area (Å²) < 4.78 is 4.81. The smallest absolute Gasteiger partial charge is 0.223 e. The molecule has 0 spiro atoms. The number of nitrogens with zero attached hydrogens (tertiary/aromatic N) is 2. The minimum absolute atomic E-state index is 0.201. The Kier molecular flexibility index (Phi) is 2.28. The maximum absolute atomic E-state index is 9.26. The third-order valence-corrected chi connectivity index (χ3v) is 2.33. The van der Waals surface area contributed by atoms with Gasteiger partial charge >= 0.3 is 0 Å². The van der Waals surface area contributed by atoms with Gasteiger partial charge in [0.25, 0.3) is 0 Å². The van der Waals surface area contributed by atoms with Crippen LogP contribution in [0.2, 0.25) is 0 Å². The van der Waals surface area contributed by atoms with Crippen LogP contribution in [0.15, 0.2) is 4.52 Å². The highest BCUT2D eigenvalue weighted by Crippen LogP contribution is 2.19. The molecule has 0 aliphatic heterocycles. The highest BCUT2D eigenvalue weighted by molar-refractivity contribution is 4.90. The first-order chi connectivity index (χ1) is 6.25. The maximum Gasteiger partial charge on any atom is 0.223 e. The normalized spacial score (nSPS) is 27.2. The molecule has 13 heavy (non-hydrogen) atoms. The molecule has 1 aromatic rings. The Morgan fingerprint density at radius 2 is 2.46 bits per heavy atom. The van der Waals surface area contributed by atoms with Crippen LogP contribution >= 0.6 is 0 Å². The van der Waals surface area contributed by atoms with Gasteiger partial charge in [0.05, 0.1) is 12.6 Å². The molecule has 1 aliphatic carbocycles. The Hall–Kier alpha value is -0.940. The molecular weight excluding hydrogens is 170 g/mol. The van der Waals surface area contributed by atoms with Crippen LogP contribution in [0.1, 0.15) is 24.6 Å². The van der Waals surface area contributed by atoms with Gasteiger partial charge < -0.3 is 14.9 Å². The molecule has 5 nitrogen and oxygen atoms in total. The maximum atomic E-state index is 9.26. The Labute approximate surface area is 76.1 Å². The van der Waals surface area contributed by atoms with Gasteiger partial charge in [0.1, 0.15) is 0 Å². The average molecular weight is 183 g/mol. The van der Waals surface area contributed by atoms with Crippen molar-refractivity contribution in [2.45, 2.75) is 38.5 Å². The van der Waals surface area contributed by atoms with E-state index in [4.69, 9.17) is 4.52 Å². The van der Waals surface area contributed by atoms with E-state index in [1.807, 2.05) is 0 Å². The van der Waals surface area contributed by atoms with Gasteiger partial charge in [-0.1, -0.05) is 5.16 Å². The quantitative estimate of drug-likeness (QED) is 0.689. The molecule has 1 fully saturated rings. The summed E-state index contributed by atoms with van der Waals surface area (Å²) in [5.74, 6) is 1.22. The van der Waals surface area contributed by atoms with Crippen molar-refractivity contribution in [3.8, 4) is 0 Å². The first-order valence-electron chi connectivity index (χ1n) is 4.46. The van der Waals surface area contributed by atoms with Crippen molar-refractivity contribution in [3.05, 3.63) is 11.7 Å². The van der Waals surface area contributed by atoms with E-state index in [9.17, 15) is 5.11 Å². The lowest BCUT2D eigenvalue weighted by atomic mass is 9.89. The predicted octanol–water partition coefficient (Wildman–Crippen LogP) is -0.00908. The van der Waals surface area contributed by atoms with Gasteiger partial charge in [-0.25, -0.2) is 0 Å². The van der Waals surface area contributed by atoms with Crippen molar-refractivity contribution in [2.24, 2.45) is 0 Å². The van der Waals surface area contributed by atoms with E-state index in [1.54, 1.807) is 6.92 Å². The fourth-order valence-corrected chi connectivity index (χ4v) is 1.36. The zero-order chi connectivity index (χ0) is 9.26. The highest BCUT2D eigenvalue weighted by atomic mass is 16.5. The molecular formula is C8H13N3O2. The molecule has 2 unspecified atom stereocenters. The molecule has 0 amide bonds. The minimum Gasteiger partial charge on any atom is -0.392 e. The summed E-state index contributed by atoms with van der Waals surface area (Å²) in [5.41, 5.74) is 0. The zero-order valence-electron chi connectivity index (χ0n) is 7.53. The van der Waals surface area contributed by atoms with Crippen LogP contribution in [0.5, 0.6) is 0 Å². The Morgan fingerprint density at radius 1 is 1.62 bits per heavy atom. The van der Waals surface area contributed by atoms with Crippen LogP contribution in [0.3, 0.4) is 0 Å². The lowest BCUT2D eigenvalue weighted by Gasteiger charge is -2.32. The SMILES string of the molecule is Cc1nc(CNC2CCC2O)no1. The second kappa shape index (κ2) is 3.43. The van der Waals surface area contributed by atoms with Crippen molar-refractivity contribution in [1.29, 1.82) is 0 Å². The summed E-state index contributed by atoms with van der Waals surface area (Å²) >= 11 is 0. The van der Waals surface area contributed by atoms with E-state index in [2.05, 4.69) is 15.5 Å². The van der Waals surface area contributed by atoms with Crippen molar-refractivity contribution in [1.82, 2.24) is 15.5 Å². The number of nitrogens with one attached hydrogen (secondary N) is 1. The third-order valence-electron chi connectivity index (χ3n) is 2.33. The Morgan fingerprint density at radius 3 is 2.92 bits per heavy atom. The van der Waals surface area contributed by atoms with Crippen LogP contribution in [-0.2, 0) is 6.54 Å². The van der Waals surface area contributed by atoms with E-state index >= 15 is 0 Å². The van der Waals surface area contributed by atoms with Crippen LogP contribution in [-0.4, -0.2) is 27.4 Å². The van der Waals surface area contributed by atoms with Crippen LogP contribution in [0.4, 0.5) is 0 Å². The van der Waals surface area contributed by atoms with Gasteiger partial charge in [-0.2, -0.15) is 4.98 Å². The summed E-state index contributed by atoms with van der Waals surface area (Å²) in [5, 5.41) is 16.2. The lowest BCUT2D eigenvalue weighted by molar-refractivity contribution is 0.0488. The standard InChI is InChI=1S/C8H13N3O2/c1-5-10-8(11-13-5)4-9-6-2-3-7(6)12/h6-7,9,12H,2-4H2,1H3. The molecule has 0 radical (unpaired) electrons. The summed E-state index contributed by atoms with van der Waals surface area (Å²) in [6, 6.07) is 0.207. The molecule has 0 bridgehead atoms. The molecule has 1 saturated carbocycles. The number of aliphatic hydroxyl groups is 1. The molecule has 72 valence electrons. The molecule has 1 aliphatic rings. The monoisotopic (exact) mass is 183 g/mol.